The Hall–Kier alpha value is -2.55. The van der Waals surface area contributed by atoms with Crippen molar-refractivity contribution in [3.8, 4) is 0 Å². The number of benzene rings is 1. The number of esters is 1. The molecule has 0 spiro atoms. The van der Waals surface area contributed by atoms with Crippen LogP contribution in [0.15, 0.2) is 24.3 Å². The second kappa shape index (κ2) is 5.27. The highest BCUT2D eigenvalue weighted by molar-refractivity contribution is 5.95. The first-order chi connectivity index (χ1) is 10.8. The SMILES string of the molecule is NC(=O)n1c2c(c3ccccc31)CCNC2OC(=O)C(F)(F)F. The summed E-state index contributed by atoms with van der Waals surface area (Å²) in [6.07, 6.45) is -6.05. The molecule has 9 heteroatoms. The maximum absolute atomic E-state index is 12.4. The second-order valence-corrected chi connectivity index (χ2v) is 5.04. The van der Waals surface area contributed by atoms with E-state index >= 15 is 0 Å². The summed E-state index contributed by atoms with van der Waals surface area (Å²) in [4.78, 5) is 22.9. The van der Waals surface area contributed by atoms with Crippen LogP contribution in [-0.2, 0) is 16.0 Å². The number of nitrogens with two attached hydrogens (primary N) is 1. The summed E-state index contributed by atoms with van der Waals surface area (Å²) in [5.41, 5.74) is 6.59. The van der Waals surface area contributed by atoms with Gasteiger partial charge in [-0.3, -0.25) is 9.88 Å². The molecule has 6 nitrogen and oxygen atoms in total. The molecule has 1 aromatic carbocycles. The summed E-state index contributed by atoms with van der Waals surface area (Å²) in [5, 5.41) is 3.35. The highest BCUT2D eigenvalue weighted by Crippen LogP contribution is 2.34. The molecule has 0 bridgehead atoms. The molecule has 2 aromatic rings. The van der Waals surface area contributed by atoms with Gasteiger partial charge in [0.2, 0.25) is 0 Å². The van der Waals surface area contributed by atoms with E-state index in [0.29, 0.717) is 29.4 Å². The number of hydrogen-bond acceptors (Lipinski definition) is 4. The number of carbonyl (C=O) groups is 2. The quantitative estimate of drug-likeness (QED) is 0.782. The van der Waals surface area contributed by atoms with Crippen molar-refractivity contribution in [3.63, 3.8) is 0 Å². The number of fused-ring (bicyclic) bond motifs is 3. The fourth-order valence-electron chi connectivity index (χ4n) is 2.80. The molecule has 1 aliphatic heterocycles. The number of hydrogen-bond donors (Lipinski definition) is 2. The Kier molecular flexibility index (Phi) is 3.52. The molecule has 0 radical (unpaired) electrons. The van der Waals surface area contributed by atoms with E-state index in [1.165, 1.54) is 0 Å². The van der Waals surface area contributed by atoms with E-state index in [-0.39, 0.29) is 5.69 Å². The lowest BCUT2D eigenvalue weighted by molar-refractivity contribution is -0.207. The van der Waals surface area contributed by atoms with Gasteiger partial charge in [0.25, 0.3) is 0 Å². The molecule has 1 atom stereocenters. The minimum absolute atomic E-state index is 0.127. The van der Waals surface area contributed by atoms with Gasteiger partial charge in [-0.1, -0.05) is 18.2 Å². The Morgan fingerprint density at radius 1 is 1.30 bits per heavy atom. The minimum Gasteiger partial charge on any atom is -0.434 e. The smallest absolute Gasteiger partial charge is 0.434 e. The van der Waals surface area contributed by atoms with Crippen molar-refractivity contribution in [1.29, 1.82) is 0 Å². The molecule has 122 valence electrons. The van der Waals surface area contributed by atoms with E-state index in [9.17, 15) is 22.8 Å². The number of nitrogens with one attached hydrogen (secondary N) is 1. The third kappa shape index (κ3) is 2.52. The predicted molar refractivity (Wildman–Crippen MR) is 73.5 cm³/mol. The van der Waals surface area contributed by atoms with Gasteiger partial charge in [0.1, 0.15) is 0 Å². The number of halogens is 3. The Bertz CT molecular complexity index is 798. The van der Waals surface area contributed by atoms with Crippen LogP contribution in [0.2, 0.25) is 0 Å². The van der Waals surface area contributed by atoms with Crippen molar-refractivity contribution in [2.45, 2.75) is 18.8 Å². The van der Waals surface area contributed by atoms with Crippen LogP contribution in [0, 0.1) is 0 Å². The first-order valence-corrected chi connectivity index (χ1v) is 6.74. The van der Waals surface area contributed by atoms with E-state index in [4.69, 9.17) is 5.73 Å². The summed E-state index contributed by atoms with van der Waals surface area (Å²) < 4.78 is 42.9. The molecular weight excluding hydrogens is 315 g/mol. The van der Waals surface area contributed by atoms with Crippen LogP contribution in [-0.4, -0.2) is 29.3 Å². The zero-order valence-electron chi connectivity index (χ0n) is 11.7. The van der Waals surface area contributed by atoms with Gasteiger partial charge in [-0.25, -0.2) is 9.59 Å². The van der Waals surface area contributed by atoms with Crippen molar-refractivity contribution in [2.75, 3.05) is 6.54 Å². The largest absolute Gasteiger partial charge is 0.490 e. The van der Waals surface area contributed by atoms with Gasteiger partial charge in [0.05, 0.1) is 11.2 Å². The second-order valence-electron chi connectivity index (χ2n) is 5.04. The predicted octanol–water partition coefficient (Wildman–Crippen LogP) is 1.82. The summed E-state index contributed by atoms with van der Waals surface area (Å²) in [7, 11) is 0. The van der Waals surface area contributed by atoms with Gasteiger partial charge in [-0.05, 0) is 18.1 Å². The summed E-state index contributed by atoms with van der Waals surface area (Å²) in [5.74, 6) is -2.33. The molecule has 3 rings (SSSR count). The number of aromatic nitrogens is 1. The van der Waals surface area contributed by atoms with E-state index in [0.717, 1.165) is 4.57 Å². The monoisotopic (exact) mass is 327 g/mol. The van der Waals surface area contributed by atoms with Crippen molar-refractivity contribution >= 4 is 22.9 Å². The molecule has 1 amide bonds. The number of nitrogens with zero attached hydrogens (tertiary/aromatic N) is 1. The van der Waals surface area contributed by atoms with Gasteiger partial charge in [0, 0.05) is 11.9 Å². The Morgan fingerprint density at radius 3 is 2.65 bits per heavy atom. The zero-order valence-corrected chi connectivity index (χ0v) is 11.7. The number of ether oxygens (including phenoxy) is 1. The maximum atomic E-state index is 12.4. The van der Waals surface area contributed by atoms with Crippen molar-refractivity contribution in [3.05, 3.63) is 35.5 Å². The third-order valence-corrected chi connectivity index (χ3v) is 3.65. The Balaban J connectivity index is 2.14. The molecule has 2 heterocycles. The third-order valence-electron chi connectivity index (χ3n) is 3.65. The number of para-hydroxylation sites is 1. The fraction of sp³-hybridized carbons (Fsp3) is 0.286. The van der Waals surface area contributed by atoms with Crippen LogP contribution in [0.4, 0.5) is 18.0 Å². The van der Waals surface area contributed by atoms with Gasteiger partial charge < -0.3 is 10.5 Å². The average Bonchev–Trinajstić information content (AvgIpc) is 2.82. The lowest BCUT2D eigenvalue weighted by atomic mass is 10.0. The van der Waals surface area contributed by atoms with Crippen molar-refractivity contribution in [1.82, 2.24) is 9.88 Å². The Morgan fingerprint density at radius 2 is 2.00 bits per heavy atom. The van der Waals surface area contributed by atoms with Gasteiger partial charge in [0.15, 0.2) is 6.23 Å². The number of rotatable bonds is 1. The molecule has 0 aliphatic carbocycles. The molecule has 3 N–H and O–H groups in total. The Labute approximate surface area is 128 Å². The maximum Gasteiger partial charge on any atom is 0.490 e. The van der Waals surface area contributed by atoms with Crippen LogP contribution in [0.1, 0.15) is 17.5 Å². The number of alkyl halides is 3. The average molecular weight is 327 g/mol. The number of primary amides is 1. The van der Waals surface area contributed by atoms with Gasteiger partial charge in [-0.15, -0.1) is 0 Å². The van der Waals surface area contributed by atoms with Crippen LogP contribution in [0.3, 0.4) is 0 Å². The summed E-state index contributed by atoms with van der Waals surface area (Å²) in [6, 6.07) is 5.92. The zero-order chi connectivity index (χ0) is 16.8. The van der Waals surface area contributed by atoms with Crippen LogP contribution >= 0.6 is 0 Å². The number of carbonyl (C=O) groups excluding carboxylic acids is 2. The topological polar surface area (TPSA) is 86.3 Å². The molecular formula is C14H12F3N3O3. The first-order valence-electron chi connectivity index (χ1n) is 6.74. The highest BCUT2D eigenvalue weighted by Gasteiger charge is 2.44. The molecule has 0 saturated carbocycles. The van der Waals surface area contributed by atoms with Crippen LogP contribution in [0.5, 0.6) is 0 Å². The van der Waals surface area contributed by atoms with Crippen molar-refractivity contribution in [2.24, 2.45) is 5.73 Å². The minimum atomic E-state index is -5.12. The highest BCUT2D eigenvalue weighted by atomic mass is 19.4. The lowest BCUT2D eigenvalue weighted by Gasteiger charge is -2.26. The van der Waals surface area contributed by atoms with E-state index < -0.39 is 24.4 Å². The van der Waals surface area contributed by atoms with E-state index in [2.05, 4.69) is 10.1 Å². The summed E-state index contributed by atoms with van der Waals surface area (Å²) in [6.45, 7) is 0.301. The van der Waals surface area contributed by atoms with Gasteiger partial charge in [-0.2, -0.15) is 13.2 Å². The van der Waals surface area contributed by atoms with Gasteiger partial charge >= 0.3 is 18.2 Å². The van der Waals surface area contributed by atoms with Crippen LogP contribution in [0.25, 0.3) is 10.9 Å². The van der Waals surface area contributed by atoms with Crippen LogP contribution < -0.4 is 11.1 Å². The molecule has 23 heavy (non-hydrogen) atoms. The molecule has 1 aromatic heterocycles. The molecule has 1 unspecified atom stereocenters. The lowest BCUT2D eigenvalue weighted by Crippen LogP contribution is -2.39. The first kappa shape index (κ1) is 15.3. The molecule has 0 saturated heterocycles. The van der Waals surface area contributed by atoms with E-state index in [1.54, 1.807) is 24.3 Å². The van der Waals surface area contributed by atoms with Crippen molar-refractivity contribution < 1.29 is 27.5 Å². The normalized spacial score (nSPS) is 17.8. The molecule has 0 fully saturated rings. The molecule has 1 aliphatic rings. The fourth-order valence-corrected chi connectivity index (χ4v) is 2.80. The standard InChI is InChI=1S/C14H12F3N3O3/c15-14(16,17)12(21)23-11-10-8(5-6-19-11)7-3-1-2-4-9(7)20(10)13(18)22/h1-4,11,19H,5-6H2,(H2,18,22). The summed E-state index contributed by atoms with van der Waals surface area (Å²) >= 11 is 0. The van der Waals surface area contributed by atoms with E-state index in [1.807, 2.05) is 0 Å². The number of amides is 1.